The molecule has 2 heterocycles. The third-order valence-electron chi connectivity index (χ3n) is 6.50. The molecule has 2 unspecified atom stereocenters. The number of rotatable bonds is 3. The van der Waals surface area contributed by atoms with Crippen molar-refractivity contribution < 1.29 is 23.4 Å². The Morgan fingerprint density at radius 1 is 1.26 bits per heavy atom. The van der Waals surface area contributed by atoms with E-state index in [2.05, 4.69) is 4.98 Å². The summed E-state index contributed by atoms with van der Waals surface area (Å²) in [7, 11) is 1.33. The van der Waals surface area contributed by atoms with Gasteiger partial charge in [0.25, 0.3) is 5.56 Å². The summed E-state index contributed by atoms with van der Waals surface area (Å²) >= 11 is 6.40. The first-order valence-electron chi connectivity index (χ1n) is 11.2. The average molecular weight is 506 g/mol. The van der Waals surface area contributed by atoms with Gasteiger partial charge in [-0.1, -0.05) is 38.4 Å². The highest BCUT2D eigenvalue weighted by Gasteiger charge is 2.43. The van der Waals surface area contributed by atoms with Gasteiger partial charge >= 0.3 is 6.09 Å². The molecule has 0 bridgehead atoms. The molecule has 1 fully saturated rings. The molecule has 1 amide bonds. The van der Waals surface area contributed by atoms with E-state index >= 15 is 4.39 Å². The number of hydrogen-bond donors (Lipinski definition) is 1. The van der Waals surface area contributed by atoms with E-state index in [0.29, 0.717) is 19.4 Å². The van der Waals surface area contributed by atoms with Crippen LogP contribution in [0.3, 0.4) is 0 Å². The largest absolute Gasteiger partial charge is 0.496 e. The molecule has 1 N–H and O–H groups in total. The number of likely N-dealkylation sites (tertiary alicyclic amines) is 1. The van der Waals surface area contributed by atoms with Crippen LogP contribution in [0.2, 0.25) is 5.02 Å². The lowest BCUT2D eigenvalue weighted by molar-refractivity contribution is 0.0261. The lowest BCUT2D eigenvalue weighted by Crippen LogP contribution is -2.55. The molecule has 186 valence electrons. The SMILES string of the molecule is COc1cccc(F)c1-c1c(Cl)cc2c(=O)n(C3CCCN(C(=O)O)C3C(C)(C)C)cnc2c1F. The van der Waals surface area contributed by atoms with Crippen molar-refractivity contribution in [2.24, 2.45) is 5.41 Å². The van der Waals surface area contributed by atoms with E-state index in [0.717, 1.165) is 6.07 Å². The van der Waals surface area contributed by atoms with Crippen molar-refractivity contribution in [1.82, 2.24) is 14.5 Å². The Balaban J connectivity index is 1.92. The van der Waals surface area contributed by atoms with Gasteiger partial charge < -0.3 is 14.7 Å². The first kappa shape index (κ1) is 24.9. The third kappa shape index (κ3) is 4.22. The number of carboxylic acid groups (broad SMARTS) is 1. The Labute approximate surface area is 205 Å². The summed E-state index contributed by atoms with van der Waals surface area (Å²) in [5.74, 6) is -1.59. The quantitative estimate of drug-likeness (QED) is 0.491. The number of amides is 1. The van der Waals surface area contributed by atoms with Crippen LogP contribution in [-0.2, 0) is 0 Å². The van der Waals surface area contributed by atoms with Crippen LogP contribution in [0, 0.1) is 17.0 Å². The summed E-state index contributed by atoms with van der Waals surface area (Å²) < 4.78 is 36.9. The summed E-state index contributed by atoms with van der Waals surface area (Å²) in [6.07, 6.45) is 1.29. The van der Waals surface area contributed by atoms with E-state index in [1.54, 1.807) is 0 Å². The molecule has 10 heteroatoms. The van der Waals surface area contributed by atoms with Crippen molar-refractivity contribution in [3.8, 4) is 16.9 Å². The molecule has 0 saturated carbocycles. The summed E-state index contributed by atoms with van der Waals surface area (Å²) in [6.45, 7) is 6.10. The van der Waals surface area contributed by atoms with Gasteiger partial charge in [0.05, 0.1) is 41.5 Å². The van der Waals surface area contributed by atoms with Crippen molar-refractivity contribution in [3.63, 3.8) is 0 Å². The highest BCUT2D eigenvalue weighted by molar-refractivity contribution is 6.34. The van der Waals surface area contributed by atoms with Gasteiger partial charge in [-0.2, -0.15) is 0 Å². The van der Waals surface area contributed by atoms with Gasteiger partial charge in [-0.3, -0.25) is 9.36 Å². The Morgan fingerprint density at radius 3 is 2.60 bits per heavy atom. The topological polar surface area (TPSA) is 84.7 Å². The van der Waals surface area contributed by atoms with E-state index < -0.39 is 40.8 Å². The van der Waals surface area contributed by atoms with Gasteiger partial charge in [-0.25, -0.2) is 18.6 Å². The van der Waals surface area contributed by atoms with Crippen LogP contribution in [0.25, 0.3) is 22.0 Å². The number of fused-ring (bicyclic) bond motifs is 1. The lowest BCUT2D eigenvalue weighted by atomic mass is 9.77. The number of benzene rings is 2. The van der Waals surface area contributed by atoms with Crippen molar-refractivity contribution in [1.29, 1.82) is 0 Å². The van der Waals surface area contributed by atoms with E-state index in [-0.39, 0.29) is 32.8 Å². The molecule has 2 aromatic carbocycles. The summed E-state index contributed by atoms with van der Waals surface area (Å²) in [5.41, 5.74) is -1.70. The second-order valence-electron chi connectivity index (χ2n) is 9.71. The number of methoxy groups -OCH3 is 1. The molecule has 1 aromatic heterocycles. The van der Waals surface area contributed by atoms with Gasteiger partial charge in [-0.05, 0) is 36.5 Å². The fourth-order valence-electron chi connectivity index (χ4n) is 5.12. The molecule has 2 atom stereocenters. The molecule has 0 spiro atoms. The number of ether oxygens (including phenoxy) is 1. The monoisotopic (exact) mass is 505 g/mol. The molecule has 35 heavy (non-hydrogen) atoms. The van der Waals surface area contributed by atoms with Crippen molar-refractivity contribution in [2.45, 2.75) is 45.7 Å². The Morgan fingerprint density at radius 2 is 1.97 bits per heavy atom. The molecule has 1 saturated heterocycles. The first-order valence-corrected chi connectivity index (χ1v) is 11.6. The Bertz CT molecular complexity index is 1370. The molecule has 4 rings (SSSR count). The second-order valence-corrected chi connectivity index (χ2v) is 10.1. The number of hydrogen-bond acceptors (Lipinski definition) is 4. The van der Waals surface area contributed by atoms with Gasteiger partial charge in [0.15, 0.2) is 5.82 Å². The number of nitrogens with zero attached hydrogens (tertiary/aromatic N) is 3. The first-order chi connectivity index (χ1) is 16.5. The van der Waals surface area contributed by atoms with Crippen LogP contribution in [0.1, 0.15) is 39.7 Å². The Kier molecular flexibility index (Phi) is 6.48. The summed E-state index contributed by atoms with van der Waals surface area (Å²) in [6, 6.07) is 4.33. The molecular weight excluding hydrogens is 480 g/mol. The number of aromatic nitrogens is 2. The second kappa shape index (κ2) is 9.11. The highest BCUT2D eigenvalue weighted by Crippen LogP contribution is 2.42. The highest BCUT2D eigenvalue weighted by atomic mass is 35.5. The molecule has 1 aliphatic rings. The third-order valence-corrected chi connectivity index (χ3v) is 6.80. The van der Waals surface area contributed by atoms with E-state index in [9.17, 15) is 19.1 Å². The smallest absolute Gasteiger partial charge is 0.407 e. The van der Waals surface area contributed by atoms with E-state index in [1.165, 1.54) is 41.1 Å². The zero-order chi connectivity index (χ0) is 25.7. The molecule has 7 nitrogen and oxygen atoms in total. The molecule has 0 radical (unpaired) electrons. The normalized spacial score (nSPS) is 18.7. The van der Waals surface area contributed by atoms with Gasteiger partial charge in [0.2, 0.25) is 0 Å². The predicted molar refractivity (Wildman–Crippen MR) is 129 cm³/mol. The minimum Gasteiger partial charge on any atom is -0.496 e. The summed E-state index contributed by atoms with van der Waals surface area (Å²) in [4.78, 5) is 31.1. The van der Waals surface area contributed by atoms with Crippen LogP contribution in [-0.4, -0.2) is 45.3 Å². The minimum atomic E-state index is -1.06. The van der Waals surface area contributed by atoms with Crippen molar-refractivity contribution >= 4 is 28.6 Å². The van der Waals surface area contributed by atoms with E-state index in [1.807, 2.05) is 20.8 Å². The van der Waals surface area contributed by atoms with Gasteiger partial charge in [0.1, 0.15) is 17.1 Å². The lowest BCUT2D eigenvalue weighted by Gasteiger charge is -2.47. The standard InChI is InChI=1S/C25H26ClF2N3O4/c1-25(2,3)22-16(8-6-10-30(22)24(33)34)31-12-29-21-13(23(31)32)11-14(26)18(20(21)28)19-15(27)7-5-9-17(19)35-4/h5,7,9,11-12,16,22H,6,8,10H2,1-4H3,(H,33,34). The molecule has 3 aromatic rings. The average Bonchev–Trinajstić information content (AvgIpc) is 2.79. The van der Waals surface area contributed by atoms with E-state index in [4.69, 9.17) is 16.3 Å². The van der Waals surface area contributed by atoms with Crippen molar-refractivity contribution in [3.05, 3.63) is 57.6 Å². The van der Waals surface area contributed by atoms with Crippen LogP contribution in [0.15, 0.2) is 35.4 Å². The van der Waals surface area contributed by atoms with Crippen LogP contribution in [0.5, 0.6) is 5.75 Å². The maximum absolute atomic E-state index is 15.7. The number of piperidine rings is 1. The molecular formula is C25H26ClF2N3O4. The zero-order valence-electron chi connectivity index (χ0n) is 19.8. The van der Waals surface area contributed by atoms with Crippen LogP contribution >= 0.6 is 11.6 Å². The fraction of sp³-hybridized carbons (Fsp3) is 0.400. The number of halogens is 3. The van der Waals surface area contributed by atoms with Crippen LogP contribution < -0.4 is 10.3 Å². The minimum absolute atomic E-state index is 0.0748. The predicted octanol–water partition coefficient (Wildman–Crippen LogP) is 5.73. The van der Waals surface area contributed by atoms with Gasteiger partial charge in [-0.15, -0.1) is 0 Å². The number of carbonyl (C=O) groups is 1. The van der Waals surface area contributed by atoms with Gasteiger partial charge in [0, 0.05) is 12.1 Å². The fourth-order valence-corrected chi connectivity index (χ4v) is 5.40. The zero-order valence-corrected chi connectivity index (χ0v) is 20.6. The molecule has 1 aliphatic heterocycles. The molecule has 0 aliphatic carbocycles. The maximum atomic E-state index is 15.7. The van der Waals surface area contributed by atoms with Crippen LogP contribution in [0.4, 0.5) is 13.6 Å². The van der Waals surface area contributed by atoms with Crippen molar-refractivity contribution in [2.75, 3.05) is 13.7 Å². The summed E-state index contributed by atoms with van der Waals surface area (Å²) in [5, 5.41) is 9.53. The maximum Gasteiger partial charge on any atom is 0.407 e. The Hall–Kier alpha value is -3.20.